The normalized spacial score (nSPS) is 9.13. The first kappa shape index (κ1) is 11.6. The number of aromatic nitrogens is 1. The first-order chi connectivity index (χ1) is 7.43. The number of pyridine rings is 1. The predicted molar refractivity (Wildman–Crippen MR) is 61.7 cm³/mol. The molecular formula is C13H17NO. The Kier molecular flexibility index (Phi) is 6.08. The molecule has 0 aliphatic carbocycles. The van der Waals surface area contributed by atoms with E-state index in [1.807, 2.05) is 18.2 Å². The molecule has 0 bridgehead atoms. The topological polar surface area (TPSA) is 22.1 Å². The van der Waals surface area contributed by atoms with E-state index >= 15 is 0 Å². The van der Waals surface area contributed by atoms with Gasteiger partial charge in [0, 0.05) is 18.7 Å². The van der Waals surface area contributed by atoms with Crippen molar-refractivity contribution in [3.05, 3.63) is 24.4 Å². The first-order valence-corrected chi connectivity index (χ1v) is 5.43. The third-order valence-electron chi connectivity index (χ3n) is 1.96. The highest BCUT2D eigenvalue weighted by atomic mass is 16.5. The van der Waals surface area contributed by atoms with Gasteiger partial charge in [0.05, 0.1) is 0 Å². The largest absolute Gasteiger partial charge is 0.464 e. The molecule has 0 radical (unpaired) electrons. The standard InChI is InChI=1S/C13H17NO/c1-2-3-4-5-6-9-12-15-13-10-7-8-11-14-13/h7-8,10-11H,2-5,12H2,1H3. The van der Waals surface area contributed by atoms with Crippen molar-refractivity contribution in [2.75, 3.05) is 6.61 Å². The molecule has 0 N–H and O–H groups in total. The van der Waals surface area contributed by atoms with Crippen molar-refractivity contribution in [3.8, 4) is 17.7 Å². The van der Waals surface area contributed by atoms with E-state index in [4.69, 9.17) is 4.74 Å². The fourth-order valence-electron chi connectivity index (χ4n) is 1.15. The lowest BCUT2D eigenvalue weighted by atomic mass is 10.2. The van der Waals surface area contributed by atoms with Gasteiger partial charge in [-0.15, -0.1) is 0 Å². The van der Waals surface area contributed by atoms with Crippen molar-refractivity contribution >= 4 is 0 Å². The summed E-state index contributed by atoms with van der Waals surface area (Å²) in [6.07, 6.45) is 6.37. The van der Waals surface area contributed by atoms with E-state index in [1.165, 1.54) is 19.3 Å². The molecule has 0 unspecified atom stereocenters. The zero-order chi connectivity index (χ0) is 10.8. The Labute approximate surface area is 91.7 Å². The quantitative estimate of drug-likeness (QED) is 0.542. The maximum atomic E-state index is 5.33. The van der Waals surface area contributed by atoms with Crippen LogP contribution in [0.3, 0.4) is 0 Å². The van der Waals surface area contributed by atoms with Crippen molar-refractivity contribution in [1.82, 2.24) is 4.98 Å². The van der Waals surface area contributed by atoms with Gasteiger partial charge in [-0.1, -0.05) is 37.7 Å². The molecule has 15 heavy (non-hydrogen) atoms. The van der Waals surface area contributed by atoms with Gasteiger partial charge in [-0.25, -0.2) is 4.98 Å². The van der Waals surface area contributed by atoms with E-state index in [2.05, 4.69) is 23.7 Å². The number of unbranched alkanes of at least 4 members (excludes halogenated alkanes) is 3. The molecule has 80 valence electrons. The molecular weight excluding hydrogens is 186 g/mol. The molecule has 0 saturated heterocycles. The van der Waals surface area contributed by atoms with Crippen LogP contribution >= 0.6 is 0 Å². The number of hydrogen-bond acceptors (Lipinski definition) is 2. The molecule has 1 aromatic heterocycles. The fourth-order valence-corrected chi connectivity index (χ4v) is 1.15. The summed E-state index contributed by atoms with van der Waals surface area (Å²) in [6, 6.07) is 5.60. The molecule has 2 heteroatoms. The molecule has 0 spiro atoms. The highest BCUT2D eigenvalue weighted by Gasteiger charge is 1.88. The van der Waals surface area contributed by atoms with Crippen LogP contribution in [0, 0.1) is 11.8 Å². The Balaban J connectivity index is 2.11. The summed E-state index contributed by atoms with van der Waals surface area (Å²) in [5.41, 5.74) is 0. The van der Waals surface area contributed by atoms with Gasteiger partial charge in [-0.2, -0.15) is 0 Å². The minimum atomic E-state index is 0.434. The smallest absolute Gasteiger partial charge is 0.214 e. The van der Waals surface area contributed by atoms with Crippen LogP contribution in [0.5, 0.6) is 5.88 Å². The summed E-state index contributed by atoms with van der Waals surface area (Å²) in [5.74, 6) is 6.71. The summed E-state index contributed by atoms with van der Waals surface area (Å²) in [4.78, 5) is 4.04. The lowest BCUT2D eigenvalue weighted by molar-refractivity contribution is 0.355. The van der Waals surface area contributed by atoms with Crippen LogP contribution in [0.25, 0.3) is 0 Å². The van der Waals surface area contributed by atoms with Crippen LogP contribution in [-0.2, 0) is 0 Å². The van der Waals surface area contributed by atoms with E-state index in [-0.39, 0.29) is 0 Å². The lowest BCUT2D eigenvalue weighted by Crippen LogP contribution is -1.95. The van der Waals surface area contributed by atoms with Gasteiger partial charge in [-0.3, -0.25) is 0 Å². The van der Waals surface area contributed by atoms with Gasteiger partial charge in [0.2, 0.25) is 5.88 Å². The summed E-state index contributed by atoms with van der Waals surface area (Å²) in [5, 5.41) is 0. The highest BCUT2D eigenvalue weighted by molar-refractivity contribution is 5.10. The third-order valence-corrected chi connectivity index (χ3v) is 1.96. The SMILES string of the molecule is CCCCCC#CCOc1ccccn1. The number of nitrogens with zero attached hydrogens (tertiary/aromatic N) is 1. The number of hydrogen-bond donors (Lipinski definition) is 0. The van der Waals surface area contributed by atoms with Gasteiger partial charge < -0.3 is 4.74 Å². The molecule has 0 saturated carbocycles. The van der Waals surface area contributed by atoms with Crippen LogP contribution in [0.2, 0.25) is 0 Å². The summed E-state index contributed by atoms with van der Waals surface area (Å²) in [7, 11) is 0. The van der Waals surface area contributed by atoms with E-state index < -0.39 is 0 Å². The van der Waals surface area contributed by atoms with Crippen molar-refractivity contribution in [2.45, 2.75) is 32.6 Å². The van der Waals surface area contributed by atoms with Gasteiger partial charge >= 0.3 is 0 Å². The minimum Gasteiger partial charge on any atom is -0.464 e. The van der Waals surface area contributed by atoms with Crippen LogP contribution in [0.1, 0.15) is 32.6 Å². The Bertz CT molecular complexity index is 310. The lowest BCUT2D eigenvalue weighted by Gasteiger charge is -1.98. The fraction of sp³-hybridized carbons (Fsp3) is 0.462. The predicted octanol–water partition coefficient (Wildman–Crippen LogP) is 3.04. The average molecular weight is 203 g/mol. The Morgan fingerprint density at radius 2 is 2.20 bits per heavy atom. The van der Waals surface area contributed by atoms with Crippen LogP contribution in [-0.4, -0.2) is 11.6 Å². The van der Waals surface area contributed by atoms with Crippen LogP contribution in [0.15, 0.2) is 24.4 Å². The molecule has 1 rings (SSSR count). The maximum absolute atomic E-state index is 5.33. The molecule has 1 heterocycles. The summed E-state index contributed by atoms with van der Waals surface area (Å²) >= 11 is 0. The van der Waals surface area contributed by atoms with E-state index in [0.717, 1.165) is 6.42 Å². The van der Waals surface area contributed by atoms with Crippen molar-refractivity contribution in [1.29, 1.82) is 0 Å². The summed E-state index contributed by atoms with van der Waals surface area (Å²) < 4.78 is 5.33. The zero-order valence-corrected chi connectivity index (χ0v) is 9.20. The Morgan fingerprint density at radius 1 is 1.27 bits per heavy atom. The molecule has 2 nitrogen and oxygen atoms in total. The molecule has 0 fully saturated rings. The second-order valence-corrected chi connectivity index (χ2v) is 3.27. The highest BCUT2D eigenvalue weighted by Crippen LogP contribution is 2.02. The molecule has 0 atom stereocenters. The number of ether oxygens (including phenoxy) is 1. The molecule has 0 aliphatic heterocycles. The third kappa shape index (κ3) is 5.74. The Morgan fingerprint density at radius 3 is 2.93 bits per heavy atom. The van der Waals surface area contributed by atoms with Crippen molar-refractivity contribution in [2.24, 2.45) is 0 Å². The van der Waals surface area contributed by atoms with Gasteiger partial charge in [0.1, 0.15) is 0 Å². The first-order valence-electron chi connectivity index (χ1n) is 5.43. The van der Waals surface area contributed by atoms with Crippen molar-refractivity contribution < 1.29 is 4.74 Å². The minimum absolute atomic E-state index is 0.434. The van der Waals surface area contributed by atoms with E-state index in [1.54, 1.807) is 6.20 Å². The Hall–Kier alpha value is -1.49. The van der Waals surface area contributed by atoms with Crippen molar-refractivity contribution in [3.63, 3.8) is 0 Å². The molecule has 0 aromatic carbocycles. The molecule has 1 aromatic rings. The number of rotatable bonds is 5. The van der Waals surface area contributed by atoms with Crippen LogP contribution in [0.4, 0.5) is 0 Å². The second kappa shape index (κ2) is 7.87. The second-order valence-electron chi connectivity index (χ2n) is 3.27. The monoisotopic (exact) mass is 203 g/mol. The van der Waals surface area contributed by atoms with Gasteiger partial charge in [0.15, 0.2) is 6.61 Å². The molecule has 0 aliphatic rings. The van der Waals surface area contributed by atoms with Crippen LogP contribution < -0.4 is 4.74 Å². The van der Waals surface area contributed by atoms with E-state index in [9.17, 15) is 0 Å². The average Bonchev–Trinajstić information content (AvgIpc) is 2.29. The summed E-state index contributed by atoms with van der Waals surface area (Å²) in [6.45, 7) is 2.63. The zero-order valence-electron chi connectivity index (χ0n) is 9.20. The van der Waals surface area contributed by atoms with E-state index in [0.29, 0.717) is 12.5 Å². The van der Waals surface area contributed by atoms with Gasteiger partial charge in [0.25, 0.3) is 0 Å². The molecule has 0 amide bonds. The van der Waals surface area contributed by atoms with Gasteiger partial charge in [-0.05, 0) is 12.5 Å². The maximum Gasteiger partial charge on any atom is 0.214 e.